The second kappa shape index (κ2) is 7.45. The van der Waals surface area contributed by atoms with E-state index in [1.54, 1.807) is 0 Å². The first-order chi connectivity index (χ1) is 11.6. The SMILES string of the molecule is NC(=O)CN1CCC(NC(=O)Cc2cccc3ccccc23)CC1. The Morgan fingerprint density at radius 3 is 2.54 bits per heavy atom. The van der Waals surface area contributed by atoms with E-state index in [2.05, 4.69) is 23.5 Å². The number of primary amides is 1. The molecule has 0 spiro atoms. The molecule has 0 unspecified atom stereocenters. The Morgan fingerprint density at radius 1 is 1.08 bits per heavy atom. The molecule has 1 saturated heterocycles. The molecule has 126 valence electrons. The maximum absolute atomic E-state index is 12.4. The Bertz CT molecular complexity index is 731. The molecule has 2 amide bonds. The highest BCUT2D eigenvalue weighted by Crippen LogP contribution is 2.19. The first-order valence-corrected chi connectivity index (χ1v) is 8.38. The predicted molar refractivity (Wildman–Crippen MR) is 94.5 cm³/mol. The number of hydrogen-bond donors (Lipinski definition) is 2. The summed E-state index contributed by atoms with van der Waals surface area (Å²) in [5.74, 6) is -0.242. The number of carbonyl (C=O) groups excluding carboxylic acids is 2. The molecule has 5 heteroatoms. The van der Waals surface area contributed by atoms with Gasteiger partial charge in [-0.25, -0.2) is 0 Å². The quantitative estimate of drug-likeness (QED) is 0.873. The van der Waals surface area contributed by atoms with Crippen LogP contribution in [0.4, 0.5) is 0 Å². The lowest BCUT2D eigenvalue weighted by molar-refractivity contribution is -0.122. The zero-order valence-corrected chi connectivity index (χ0v) is 13.7. The first kappa shape index (κ1) is 16.5. The van der Waals surface area contributed by atoms with Gasteiger partial charge in [-0.15, -0.1) is 0 Å². The van der Waals surface area contributed by atoms with E-state index in [1.165, 1.54) is 0 Å². The Labute approximate surface area is 141 Å². The van der Waals surface area contributed by atoms with Gasteiger partial charge in [0.2, 0.25) is 11.8 Å². The van der Waals surface area contributed by atoms with E-state index in [4.69, 9.17) is 5.73 Å². The van der Waals surface area contributed by atoms with Gasteiger partial charge in [0, 0.05) is 19.1 Å². The maximum Gasteiger partial charge on any atom is 0.231 e. The summed E-state index contributed by atoms with van der Waals surface area (Å²) in [6.07, 6.45) is 2.10. The fourth-order valence-corrected chi connectivity index (χ4v) is 3.35. The Morgan fingerprint density at radius 2 is 1.79 bits per heavy atom. The summed E-state index contributed by atoms with van der Waals surface area (Å²) in [4.78, 5) is 25.4. The smallest absolute Gasteiger partial charge is 0.231 e. The molecule has 1 heterocycles. The lowest BCUT2D eigenvalue weighted by atomic mass is 10.0. The summed E-state index contributed by atoms with van der Waals surface area (Å²) in [6.45, 7) is 1.89. The molecule has 0 aromatic heterocycles. The van der Waals surface area contributed by atoms with Crippen molar-refractivity contribution in [1.82, 2.24) is 10.2 Å². The number of piperidine rings is 1. The average Bonchev–Trinajstić information content (AvgIpc) is 2.56. The van der Waals surface area contributed by atoms with Gasteiger partial charge in [-0.05, 0) is 29.2 Å². The van der Waals surface area contributed by atoms with E-state index in [9.17, 15) is 9.59 Å². The van der Waals surface area contributed by atoms with Crippen molar-refractivity contribution in [1.29, 1.82) is 0 Å². The minimum absolute atomic E-state index is 0.0553. The Hall–Kier alpha value is -2.40. The molecule has 0 radical (unpaired) electrons. The molecule has 3 N–H and O–H groups in total. The molecule has 0 saturated carbocycles. The minimum Gasteiger partial charge on any atom is -0.369 e. The van der Waals surface area contributed by atoms with Crippen molar-refractivity contribution in [3.63, 3.8) is 0 Å². The first-order valence-electron chi connectivity index (χ1n) is 8.38. The minimum atomic E-state index is -0.298. The van der Waals surface area contributed by atoms with Crippen LogP contribution >= 0.6 is 0 Å². The third-order valence-electron chi connectivity index (χ3n) is 4.56. The van der Waals surface area contributed by atoms with E-state index < -0.39 is 0 Å². The number of nitrogens with zero attached hydrogens (tertiary/aromatic N) is 1. The molecular weight excluding hydrogens is 302 g/mol. The number of amides is 2. The lowest BCUT2D eigenvalue weighted by Crippen LogP contribution is -2.47. The monoisotopic (exact) mass is 325 g/mol. The van der Waals surface area contributed by atoms with Crippen molar-refractivity contribution >= 4 is 22.6 Å². The largest absolute Gasteiger partial charge is 0.369 e. The average molecular weight is 325 g/mol. The fourth-order valence-electron chi connectivity index (χ4n) is 3.35. The Kier molecular flexibility index (Phi) is 5.11. The third kappa shape index (κ3) is 4.11. The van der Waals surface area contributed by atoms with Crippen LogP contribution in [-0.4, -0.2) is 42.4 Å². The highest BCUT2D eigenvalue weighted by atomic mass is 16.2. The highest BCUT2D eigenvalue weighted by molar-refractivity contribution is 5.90. The number of hydrogen-bond acceptors (Lipinski definition) is 3. The highest BCUT2D eigenvalue weighted by Gasteiger charge is 2.21. The third-order valence-corrected chi connectivity index (χ3v) is 4.56. The van der Waals surface area contributed by atoms with Crippen LogP contribution in [0.2, 0.25) is 0 Å². The van der Waals surface area contributed by atoms with Crippen LogP contribution < -0.4 is 11.1 Å². The van der Waals surface area contributed by atoms with Crippen molar-refractivity contribution in [2.45, 2.75) is 25.3 Å². The van der Waals surface area contributed by atoms with Gasteiger partial charge >= 0.3 is 0 Å². The number of carbonyl (C=O) groups is 2. The molecular formula is C19H23N3O2. The Balaban J connectivity index is 1.55. The lowest BCUT2D eigenvalue weighted by Gasteiger charge is -2.31. The van der Waals surface area contributed by atoms with E-state index in [1.807, 2.05) is 29.2 Å². The van der Waals surface area contributed by atoms with Gasteiger partial charge in [0.05, 0.1) is 13.0 Å². The van der Waals surface area contributed by atoms with E-state index in [-0.39, 0.29) is 17.9 Å². The topological polar surface area (TPSA) is 75.4 Å². The number of benzene rings is 2. The van der Waals surface area contributed by atoms with Gasteiger partial charge in [-0.1, -0.05) is 42.5 Å². The molecule has 5 nitrogen and oxygen atoms in total. The van der Waals surface area contributed by atoms with Gasteiger partial charge in [0.1, 0.15) is 0 Å². The van der Waals surface area contributed by atoms with Gasteiger partial charge < -0.3 is 11.1 Å². The van der Waals surface area contributed by atoms with Gasteiger partial charge in [0.25, 0.3) is 0 Å². The van der Waals surface area contributed by atoms with Crippen LogP contribution in [0.3, 0.4) is 0 Å². The number of nitrogens with two attached hydrogens (primary N) is 1. The van der Waals surface area contributed by atoms with Crippen molar-refractivity contribution in [2.75, 3.05) is 19.6 Å². The zero-order chi connectivity index (χ0) is 16.9. The molecule has 1 fully saturated rings. The van der Waals surface area contributed by atoms with Crippen LogP contribution in [0.5, 0.6) is 0 Å². The predicted octanol–water partition coefficient (Wildman–Crippen LogP) is 1.45. The molecule has 0 atom stereocenters. The van der Waals surface area contributed by atoms with Gasteiger partial charge in [-0.2, -0.15) is 0 Å². The molecule has 1 aliphatic heterocycles. The number of likely N-dealkylation sites (tertiary alicyclic amines) is 1. The normalized spacial score (nSPS) is 16.2. The van der Waals surface area contributed by atoms with Crippen LogP contribution in [0.15, 0.2) is 42.5 Å². The molecule has 2 aromatic rings. The zero-order valence-electron chi connectivity index (χ0n) is 13.7. The van der Waals surface area contributed by atoms with Crippen LogP contribution in [-0.2, 0) is 16.0 Å². The van der Waals surface area contributed by atoms with E-state index >= 15 is 0 Å². The molecule has 24 heavy (non-hydrogen) atoms. The molecule has 0 bridgehead atoms. The number of nitrogens with one attached hydrogen (secondary N) is 1. The molecule has 2 aromatic carbocycles. The molecule has 3 rings (SSSR count). The van der Waals surface area contributed by atoms with E-state index in [0.717, 1.165) is 42.3 Å². The molecule has 0 aliphatic carbocycles. The van der Waals surface area contributed by atoms with Gasteiger partial charge in [0.15, 0.2) is 0 Å². The second-order valence-corrected chi connectivity index (χ2v) is 6.40. The standard InChI is InChI=1S/C19H23N3O2/c20-18(23)13-22-10-8-16(9-11-22)21-19(24)12-15-6-3-5-14-4-1-2-7-17(14)15/h1-7,16H,8-13H2,(H2,20,23)(H,21,24). The van der Waals surface area contributed by atoms with Gasteiger partial charge in [-0.3, -0.25) is 14.5 Å². The van der Waals surface area contributed by atoms with Crippen LogP contribution in [0.1, 0.15) is 18.4 Å². The number of rotatable bonds is 5. The van der Waals surface area contributed by atoms with E-state index in [0.29, 0.717) is 13.0 Å². The van der Waals surface area contributed by atoms with Crippen LogP contribution in [0.25, 0.3) is 10.8 Å². The van der Waals surface area contributed by atoms with Crippen molar-refractivity contribution in [3.05, 3.63) is 48.0 Å². The maximum atomic E-state index is 12.4. The van der Waals surface area contributed by atoms with Crippen LogP contribution in [0, 0.1) is 0 Å². The summed E-state index contributed by atoms with van der Waals surface area (Å²) < 4.78 is 0. The summed E-state index contributed by atoms with van der Waals surface area (Å²) >= 11 is 0. The summed E-state index contributed by atoms with van der Waals surface area (Å²) in [7, 11) is 0. The summed E-state index contributed by atoms with van der Waals surface area (Å²) in [6, 6.07) is 14.4. The second-order valence-electron chi connectivity index (χ2n) is 6.40. The summed E-state index contributed by atoms with van der Waals surface area (Å²) in [5.41, 5.74) is 6.27. The summed E-state index contributed by atoms with van der Waals surface area (Å²) in [5, 5.41) is 5.41. The van der Waals surface area contributed by atoms with Crippen molar-refractivity contribution in [3.8, 4) is 0 Å². The molecule has 1 aliphatic rings. The van der Waals surface area contributed by atoms with Crippen molar-refractivity contribution < 1.29 is 9.59 Å². The number of fused-ring (bicyclic) bond motifs is 1. The fraction of sp³-hybridized carbons (Fsp3) is 0.368. The van der Waals surface area contributed by atoms with Crippen molar-refractivity contribution in [2.24, 2.45) is 5.73 Å².